The van der Waals surface area contributed by atoms with Crippen LogP contribution in [0.3, 0.4) is 0 Å². The molecule has 6 nitrogen and oxygen atoms in total. The number of aromatic nitrogens is 3. The fourth-order valence-electron chi connectivity index (χ4n) is 4.71. The van der Waals surface area contributed by atoms with E-state index in [0.29, 0.717) is 11.5 Å². The molecule has 3 atom stereocenters. The van der Waals surface area contributed by atoms with E-state index in [1.165, 1.54) is 38.9 Å². The van der Waals surface area contributed by atoms with E-state index in [9.17, 15) is 4.79 Å². The van der Waals surface area contributed by atoms with Gasteiger partial charge in [0, 0.05) is 44.0 Å². The van der Waals surface area contributed by atoms with Gasteiger partial charge in [-0.3, -0.25) is 4.79 Å². The third-order valence-electron chi connectivity index (χ3n) is 6.40. The molecule has 0 radical (unpaired) electrons. The number of hydrogen-bond acceptors (Lipinski definition) is 5. The summed E-state index contributed by atoms with van der Waals surface area (Å²) >= 11 is 0. The second kappa shape index (κ2) is 7.90. The van der Waals surface area contributed by atoms with Gasteiger partial charge in [-0.1, -0.05) is 20.8 Å². The molecule has 1 aliphatic carbocycles. The number of fused-ring (bicyclic) bond motifs is 1. The number of nitrogens with zero attached hydrogens (tertiary/aromatic N) is 4. The van der Waals surface area contributed by atoms with Crippen molar-refractivity contribution in [3.63, 3.8) is 0 Å². The van der Waals surface area contributed by atoms with E-state index >= 15 is 0 Å². The molecule has 0 spiro atoms. The van der Waals surface area contributed by atoms with Gasteiger partial charge in [0.15, 0.2) is 0 Å². The average molecular weight is 396 g/mol. The molecule has 1 N–H and O–H groups in total. The van der Waals surface area contributed by atoms with Crippen LogP contribution >= 0.6 is 0 Å². The SMILES string of the molecule is Cn1cc(-c2ccc(NC3C[C@@H]4CN(CCC(C)(C)C)C[C@@H]4C3)nn2)ccc1=O. The Morgan fingerprint density at radius 2 is 1.79 bits per heavy atom. The van der Waals surface area contributed by atoms with Crippen molar-refractivity contribution >= 4 is 5.82 Å². The van der Waals surface area contributed by atoms with Crippen molar-refractivity contribution < 1.29 is 0 Å². The molecule has 4 rings (SSSR count). The van der Waals surface area contributed by atoms with Crippen molar-refractivity contribution in [1.82, 2.24) is 19.7 Å². The van der Waals surface area contributed by atoms with E-state index in [1.54, 1.807) is 29.9 Å². The lowest BCUT2D eigenvalue weighted by Crippen LogP contribution is -2.28. The van der Waals surface area contributed by atoms with E-state index in [4.69, 9.17) is 0 Å². The summed E-state index contributed by atoms with van der Waals surface area (Å²) in [5.41, 5.74) is 2.07. The molecular weight excluding hydrogens is 362 g/mol. The van der Waals surface area contributed by atoms with Crippen LogP contribution < -0.4 is 10.9 Å². The minimum absolute atomic E-state index is 0.0243. The molecule has 1 saturated carbocycles. The summed E-state index contributed by atoms with van der Waals surface area (Å²) < 4.78 is 1.56. The number of likely N-dealkylation sites (tertiary alicyclic amines) is 1. The van der Waals surface area contributed by atoms with Crippen LogP contribution in [0.4, 0.5) is 5.82 Å². The first-order valence-corrected chi connectivity index (χ1v) is 10.8. The topological polar surface area (TPSA) is 63.1 Å². The predicted octanol–water partition coefficient (Wildman–Crippen LogP) is 3.40. The van der Waals surface area contributed by atoms with Crippen molar-refractivity contribution in [3.05, 3.63) is 40.8 Å². The minimum atomic E-state index is -0.0243. The van der Waals surface area contributed by atoms with Crippen molar-refractivity contribution in [2.45, 2.75) is 46.1 Å². The van der Waals surface area contributed by atoms with E-state index in [1.807, 2.05) is 12.1 Å². The molecule has 2 aromatic heterocycles. The maximum Gasteiger partial charge on any atom is 0.250 e. The smallest absolute Gasteiger partial charge is 0.250 e. The van der Waals surface area contributed by atoms with Gasteiger partial charge >= 0.3 is 0 Å². The summed E-state index contributed by atoms with van der Waals surface area (Å²) in [6.07, 6.45) is 5.51. The monoisotopic (exact) mass is 395 g/mol. The highest BCUT2D eigenvalue weighted by Gasteiger charge is 2.40. The number of rotatable bonds is 5. The van der Waals surface area contributed by atoms with Crippen LogP contribution in [0, 0.1) is 17.3 Å². The summed E-state index contributed by atoms with van der Waals surface area (Å²) in [4.78, 5) is 14.2. The molecule has 0 amide bonds. The van der Waals surface area contributed by atoms with Gasteiger partial charge in [-0.05, 0) is 61.3 Å². The van der Waals surface area contributed by atoms with Crippen molar-refractivity contribution in [1.29, 1.82) is 0 Å². The molecule has 2 aromatic rings. The molecule has 0 bridgehead atoms. The standard InChI is InChI=1S/C23H33N5O/c1-23(2,3)9-10-28-14-17-11-19(12-18(17)15-28)24-21-7-6-20(25-26-21)16-5-8-22(29)27(4)13-16/h5-8,13,17-19H,9-12,14-15H2,1-4H3,(H,24,26)/t17-,18+,19?. The first-order chi connectivity index (χ1) is 13.8. The number of aryl methyl sites for hydroxylation is 1. The molecular formula is C23H33N5O. The van der Waals surface area contributed by atoms with Crippen LogP contribution in [-0.4, -0.2) is 45.3 Å². The van der Waals surface area contributed by atoms with Crippen molar-refractivity contribution in [2.24, 2.45) is 24.3 Å². The molecule has 156 valence electrons. The van der Waals surface area contributed by atoms with Gasteiger partial charge in [-0.25, -0.2) is 0 Å². The Morgan fingerprint density at radius 1 is 1.07 bits per heavy atom. The molecule has 2 fully saturated rings. The first kappa shape index (κ1) is 20.1. The van der Waals surface area contributed by atoms with Gasteiger partial charge in [0.05, 0.1) is 5.69 Å². The van der Waals surface area contributed by atoms with Crippen LogP contribution in [0.1, 0.15) is 40.0 Å². The Balaban J connectivity index is 1.30. The van der Waals surface area contributed by atoms with Gasteiger partial charge in [0.25, 0.3) is 0 Å². The lowest BCUT2D eigenvalue weighted by molar-refractivity contribution is 0.250. The lowest BCUT2D eigenvalue weighted by Gasteiger charge is -2.24. The summed E-state index contributed by atoms with van der Waals surface area (Å²) in [7, 11) is 1.75. The van der Waals surface area contributed by atoms with E-state index in [0.717, 1.165) is 28.9 Å². The van der Waals surface area contributed by atoms with Crippen LogP contribution in [0.25, 0.3) is 11.3 Å². The molecule has 1 unspecified atom stereocenters. The molecule has 2 aliphatic rings. The zero-order chi connectivity index (χ0) is 20.6. The fraction of sp³-hybridized carbons (Fsp3) is 0.609. The van der Waals surface area contributed by atoms with Crippen molar-refractivity contribution in [3.8, 4) is 11.3 Å². The largest absolute Gasteiger partial charge is 0.366 e. The van der Waals surface area contributed by atoms with Gasteiger partial charge in [-0.15, -0.1) is 10.2 Å². The van der Waals surface area contributed by atoms with Gasteiger partial charge in [0.2, 0.25) is 5.56 Å². The summed E-state index contributed by atoms with van der Waals surface area (Å²) in [6.45, 7) is 10.7. The highest BCUT2D eigenvalue weighted by Crippen LogP contribution is 2.39. The van der Waals surface area contributed by atoms with E-state index < -0.39 is 0 Å². The highest BCUT2D eigenvalue weighted by atomic mass is 16.1. The zero-order valence-corrected chi connectivity index (χ0v) is 18.1. The second-order valence-corrected chi connectivity index (χ2v) is 10.1. The lowest BCUT2D eigenvalue weighted by atomic mass is 9.92. The Labute approximate surface area is 173 Å². The van der Waals surface area contributed by atoms with E-state index in [2.05, 4.69) is 41.2 Å². The first-order valence-electron chi connectivity index (χ1n) is 10.8. The number of anilines is 1. The van der Waals surface area contributed by atoms with E-state index in [-0.39, 0.29) is 5.56 Å². The Bertz CT molecular complexity index is 885. The third kappa shape index (κ3) is 4.86. The maximum absolute atomic E-state index is 11.5. The average Bonchev–Trinajstić information content (AvgIpc) is 3.20. The molecule has 3 heterocycles. The van der Waals surface area contributed by atoms with Crippen LogP contribution in [0.2, 0.25) is 0 Å². The number of nitrogens with one attached hydrogen (secondary N) is 1. The summed E-state index contributed by atoms with van der Waals surface area (Å²) in [5.74, 6) is 2.46. The molecule has 6 heteroatoms. The van der Waals surface area contributed by atoms with Gasteiger partial charge in [0.1, 0.15) is 5.82 Å². The molecule has 1 aliphatic heterocycles. The van der Waals surface area contributed by atoms with Crippen molar-refractivity contribution in [2.75, 3.05) is 25.0 Å². The molecule has 29 heavy (non-hydrogen) atoms. The van der Waals surface area contributed by atoms with Crippen LogP contribution in [0.5, 0.6) is 0 Å². The van der Waals surface area contributed by atoms with Crippen LogP contribution in [0.15, 0.2) is 35.3 Å². The maximum atomic E-state index is 11.5. The highest BCUT2D eigenvalue weighted by molar-refractivity contribution is 5.58. The third-order valence-corrected chi connectivity index (χ3v) is 6.40. The summed E-state index contributed by atoms with van der Waals surface area (Å²) in [6, 6.07) is 7.82. The van der Waals surface area contributed by atoms with Crippen LogP contribution in [-0.2, 0) is 7.05 Å². The second-order valence-electron chi connectivity index (χ2n) is 10.1. The number of hydrogen-bond donors (Lipinski definition) is 1. The molecule has 0 aromatic carbocycles. The fourth-order valence-corrected chi connectivity index (χ4v) is 4.71. The molecule has 1 saturated heterocycles. The number of pyridine rings is 1. The Morgan fingerprint density at radius 3 is 2.38 bits per heavy atom. The Kier molecular flexibility index (Phi) is 5.47. The minimum Gasteiger partial charge on any atom is -0.366 e. The predicted molar refractivity (Wildman–Crippen MR) is 117 cm³/mol. The van der Waals surface area contributed by atoms with Gasteiger partial charge < -0.3 is 14.8 Å². The zero-order valence-electron chi connectivity index (χ0n) is 18.1. The summed E-state index contributed by atoms with van der Waals surface area (Å²) in [5, 5.41) is 12.3. The normalized spacial score (nSPS) is 24.6. The van der Waals surface area contributed by atoms with Gasteiger partial charge in [-0.2, -0.15) is 0 Å². The Hall–Kier alpha value is -2.21. The quantitative estimate of drug-likeness (QED) is 0.841.